The van der Waals surface area contributed by atoms with Crippen molar-refractivity contribution >= 4 is 152 Å². The maximum Gasteiger partial charge on any atom is 0.335 e. The molecule has 0 aliphatic rings. The summed E-state index contributed by atoms with van der Waals surface area (Å²) in [5.41, 5.74) is 11.7. The number of carbonyl (C=O) groups excluding carboxylic acids is 7. The zero-order valence-corrected chi connectivity index (χ0v) is 79.8. The van der Waals surface area contributed by atoms with Crippen molar-refractivity contribution in [1.82, 2.24) is 0 Å². The van der Waals surface area contributed by atoms with Crippen LogP contribution in [0.1, 0.15) is 140 Å². The average Bonchev–Trinajstić information content (AvgIpc) is 0.848. The van der Waals surface area contributed by atoms with Gasteiger partial charge in [0.05, 0.1) is 137 Å². The maximum absolute atomic E-state index is 13.5. The van der Waals surface area contributed by atoms with Gasteiger partial charge in [-0.1, -0.05) is 140 Å². The van der Waals surface area contributed by atoms with Crippen LogP contribution in [0.4, 0.5) is 56.9 Å². The largest absolute Gasteiger partial charge is 0.493 e. The second-order valence-corrected chi connectivity index (χ2v) is 32.5. The number of hydrogen-bond donors (Lipinski definition) is 5. The lowest BCUT2D eigenvalue weighted by molar-refractivity contribution is -0.135. The zero-order chi connectivity index (χ0) is 105. The molecule has 0 heterocycles. The van der Waals surface area contributed by atoms with Gasteiger partial charge in [0.1, 0.15) is 17.2 Å². The number of esters is 5. The first-order chi connectivity index (χ1) is 72.2. The van der Waals surface area contributed by atoms with E-state index in [1.54, 1.807) is 206 Å². The van der Waals surface area contributed by atoms with Crippen LogP contribution in [0.2, 0.25) is 0 Å². The van der Waals surface area contributed by atoms with Crippen LogP contribution in [-0.2, 0) is 65.7 Å². The van der Waals surface area contributed by atoms with E-state index in [2.05, 4.69) is 51.1 Å². The van der Waals surface area contributed by atoms with Crippen LogP contribution in [0.5, 0.6) is 40.2 Å². The van der Waals surface area contributed by atoms with E-state index in [4.69, 9.17) is 48.5 Å². The van der Waals surface area contributed by atoms with E-state index in [9.17, 15) is 67.7 Å². The van der Waals surface area contributed by atoms with Crippen LogP contribution in [0, 0.1) is 0 Å². The Labute approximate surface area is 851 Å². The van der Waals surface area contributed by atoms with Gasteiger partial charge in [-0.3, -0.25) is 33.6 Å². The summed E-state index contributed by atoms with van der Waals surface area (Å²) in [7, 11) is 2.83. The summed E-state index contributed by atoms with van der Waals surface area (Å²) < 4.78 is 39.4. The molecule has 14 aromatic rings. The number of carboxylic acid groups (broad SMARTS) is 5. The summed E-state index contributed by atoms with van der Waals surface area (Å²) in [4.78, 5) is 147. The number of carboxylic acids is 5. The number of nitrogens with zero attached hydrogens (tertiary/aromatic N) is 10. The molecule has 149 heavy (non-hydrogen) atoms. The highest BCUT2D eigenvalue weighted by atomic mass is 16.6. The van der Waals surface area contributed by atoms with Crippen LogP contribution < -0.4 is 33.2 Å². The van der Waals surface area contributed by atoms with Crippen LogP contribution in [0.25, 0.3) is 24.3 Å². The number of allylic oxidation sites excluding steroid dienone is 2. The number of ketones is 2. The summed E-state index contributed by atoms with van der Waals surface area (Å²) in [5.74, 6) is -7.41. The molecule has 34 heteroatoms. The fourth-order valence-corrected chi connectivity index (χ4v) is 14.1. The van der Waals surface area contributed by atoms with Crippen LogP contribution >= 0.6 is 0 Å². The highest BCUT2D eigenvalue weighted by molar-refractivity contribution is 6.11. The maximum atomic E-state index is 13.5. The lowest BCUT2D eigenvalue weighted by Gasteiger charge is -2.11. The van der Waals surface area contributed by atoms with E-state index in [-0.39, 0.29) is 107 Å². The third-order valence-corrected chi connectivity index (χ3v) is 21.9. The Morgan fingerprint density at radius 2 is 0.470 bits per heavy atom. The molecule has 0 spiro atoms. The van der Waals surface area contributed by atoms with Crippen LogP contribution in [0.3, 0.4) is 0 Å². The second kappa shape index (κ2) is 53.7. The zero-order valence-electron chi connectivity index (χ0n) is 79.8. The Morgan fingerprint density at radius 3 is 0.732 bits per heavy atom. The highest BCUT2D eigenvalue weighted by Crippen LogP contribution is 2.36. The third kappa shape index (κ3) is 33.5. The molecule has 0 radical (unpaired) electrons. The molecule has 5 N–H and O–H groups in total. The Hall–Kier alpha value is -20.1. The number of hydrogen-bond acceptors (Lipinski definition) is 29. The molecule has 0 fully saturated rings. The molecular weight excluding hydrogens is 1910 g/mol. The van der Waals surface area contributed by atoms with Gasteiger partial charge in [-0.25, -0.2) is 24.0 Å². The van der Waals surface area contributed by atoms with Gasteiger partial charge in [0.2, 0.25) is 0 Å². The Morgan fingerprint density at radius 1 is 0.228 bits per heavy atom. The van der Waals surface area contributed by atoms with Gasteiger partial charge >= 0.3 is 59.7 Å². The summed E-state index contributed by atoms with van der Waals surface area (Å²) >= 11 is 0. The number of azo groups is 5. The second-order valence-electron chi connectivity index (χ2n) is 32.5. The highest BCUT2D eigenvalue weighted by Gasteiger charge is 2.21. The first-order valence-corrected chi connectivity index (χ1v) is 46.1. The summed E-state index contributed by atoms with van der Waals surface area (Å²) in [6.45, 7) is 0. The normalized spacial score (nSPS) is 11.3. The van der Waals surface area contributed by atoms with Crippen molar-refractivity contribution in [1.29, 1.82) is 0 Å². The average molecular weight is 2000 g/mol. The molecule has 14 rings (SSSR count). The summed E-state index contributed by atoms with van der Waals surface area (Å²) in [5, 5.41) is 88.4. The van der Waals surface area contributed by atoms with Gasteiger partial charge in [0, 0.05) is 6.07 Å². The van der Waals surface area contributed by atoms with E-state index >= 15 is 0 Å². The van der Waals surface area contributed by atoms with E-state index in [0.717, 1.165) is 22.3 Å². The van der Waals surface area contributed by atoms with E-state index in [1.165, 1.54) is 117 Å². The molecule has 0 atom stereocenters. The minimum absolute atomic E-state index is 0.0164. The van der Waals surface area contributed by atoms with Crippen molar-refractivity contribution in [2.75, 3.05) is 14.2 Å². The number of benzene rings is 14. The van der Waals surface area contributed by atoms with Crippen molar-refractivity contribution in [3.63, 3.8) is 0 Å². The predicted molar refractivity (Wildman–Crippen MR) is 550 cm³/mol. The van der Waals surface area contributed by atoms with E-state index < -0.39 is 77.7 Å². The molecule has 0 amide bonds. The minimum Gasteiger partial charge on any atom is -0.493 e. The fourth-order valence-electron chi connectivity index (χ4n) is 14.1. The van der Waals surface area contributed by atoms with Gasteiger partial charge in [-0.05, 0) is 295 Å². The molecule has 0 saturated carbocycles. The summed E-state index contributed by atoms with van der Waals surface area (Å²) in [6, 6.07) is 86.7. The van der Waals surface area contributed by atoms with E-state index in [1.807, 2.05) is 48.5 Å². The molecule has 0 bridgehead atoms. The lowest BCUT2D eigenvalue weighted by atomic mass is 10.1. The van der Waals surface area contributed by atoms with Crippen molar-refractivity contribution in [3.05, 3.63) is 412 Å². The molecule has 0 aromatic heterocycles. The van der Waals surface area contributed by atoms with Crippen LogP contribution in [0.15, 0.2) is 385 Å². The number of ether oxygens (including phenoxy) is 7. The molecule has 746 valence electrons. The van der Waals surface area contributed by atoms with Crippen molar-refractivity contribution in [2.45, 2.75) is 70.6 Å². The quantitative estimate of drug-likeness (QED) is 0.00591. The summed E-state index contributed by atoms with van der Waals surface area (Å²) in [6.07, 6.45) is 10.1. The van der Waals surface area contributed by atoms with Crippen molar-refractivity contribution in [2.24, 2.45) is 51.1 Å². The van der Waals surface area contributed by atoms with E-state index in [0.29, 0.717) is 110 Å². The first-order valence-electron chi connectivity index (χ1n) is 46.1. The Bertz CT molecular complexity index is 7180. The molecule has 0 aliphatic carbocycles. The monoisotopic (exact) mass is 2000 g/mol. The van der Waals surface area contributed by atoms with Gasteiger partial charge in [0.15, 0.2) is 34.6 Å². The number of rotatable bonds is 45. The number of carbonyl (C=O) groups is 12. The Kier molecular flexibility index (Phi) is 38.3. The molecule has 0 aliphatic heterocycles. The van der Waals surface area contributed by atoms with Gasteiger partial charge in [-0.2, -0.15) is 51.1 Å². The molecule has 34 nitrogen and oxygen atoms in total. The smallest absolute Gasteiger partial charge is 0.335 e. The number of methoxy groups -OCH3 is 2. The van der Waals surface area contributed by atoms with Gasteiger partial charge < -0.3 is 58.7 Å². The molecular formula is C115H92N10O24. The number of aromatic carboxylic acids is 5. The Balaban J connectivity index is 0.000000251. The fraction of sp³-hybridized carbons (Fsp3) is 0.113. The predicted octanol–water partition coefficient (Wildman–Crippen LogP) is 26.1. The third-order valence-electron chi connectivity index (χ3n) is 21.9. The van der Waals surface area contributed by atoms with Gasteiger partial charge in [0.25, 0.3) is 0 Å². The number of aryl methyl sites for hydroxylation is 5. The van der Waals surface area contributed by atoms with Crippen molar-refractivity contribution in [3.8, 4) is 40.2 Å². The standard InChI is InChI=1S/C62H48N6O12.C53H44N4O12/c69-57(34-23-42-7-1-4-10-54(42)66-63-48-26-17-45(18-27-48)60(72)73)78-51-32-15-40(16-33-51)13-14-41-37-52(79-58(70)35-24-43-8-2-5-11-55(43)67-64-49-28-19-46(20-29-49)61(74)75)39-53(38-41)80-59(71)36-25-44-9-3-6-12-56(44)68-65-50-30-21-47(22-31-50)62(76)77;1-66-48-31-34(13-27-46(48)68-50(60)29-19-36-7-3-5-9-44(36)56-54-40-21-15-38(16-22-40)52(62)63)11-25-42(58)33-43(59)26-12-35-14-28-47(49(32-35)67-2)69-51(61)30-20-37-8-4-6-10-45(37)57-55-41-23-17-39(18-24-41)53(64)65/h1-22,26-33,37-39H,23-25,34-36H2,(H,72,73)(H,74,75)(H,76,77);3-18,21-28,31-32H,19-20,29-30,33H2,1-2H3,(H,62,63)(H,64,65)/b14-13+,66-63?,67-64?,68-65?;25-11+,26-12+,56-54?,57-55?. The SMILES string of the molecule is COc1cc(/C=C/C(=O)CC(=O)/C=C/c2ccc(OC(=O)CCc3ccccc3N=Nc3ccc(C(=O)O)cc3)c(OC)c2)ccc1OC(=O)CCc1ccccc1N=Nc1ccc(C(=O)O)cc1.O=C(CCc1ccccc1N=Nc1ccc(C(=O)O)cc1)Oc1ccc(/C=C/c2cc(OC(=O)CCc3ccccc3N=Nc3ccc(C(=O)O)cc3)cc(OC(=O)CCc3ccccc3N=Nc3ccc(C(=O)O)cc3)c2)cc1. The molecule has 0 saturated heterocycles. The van der Waals surface area contributed by atoms with Crippen LogP contribution in [-0.4, -0.2) is 111 Å². The first kappa shape index (κ1) is 106. The van der Waals surface area contributed by atoms with Gasteiger partial charge in [-0.15, -0.1) is 0 Å². The van der Waals surface area contributed by atoms with Crippen molar-refractivity contribution < 1.29 is 116 Å². The topological polar surface area (TPSA) is 494 Å². The minimum atomic E-state index is -1.06. The molecule has 14 aromatic carbocycles. The molecule has 0 unspecified atom stereocenters. The lowest BCUT2D eigenvalue weighted by Crippen LogP contribution is -2.11.